The van der Waals surface area contributed by atoms with Crippen LogP contribution in [-0.4, -0.2) is 15.1 Å². The Kier molecular flexibility index (Phi) is 3.48. The Morgan fingerprint density at radius 1 is 1.14 bits per heavy atom. The highest BCUT2D eigenvalue weighted by molar-refractivity contribution is 9.10. The Morgan fingerprint density at radius 2 is 1.90 bits per heavy atom. The van der Waals surface area contributed by atoms with Gasteiger partial charge in [-0.05, 0) is 34.1 Å². The second kappa shape index (κ2) is 5.30. The van der Waals surface area contributed by atoms with Gasteiger partial charge in [0.2, 0.25) is 5.89 Å². The van der Waals surface area contributed by atoms with Crippen molar-refractivity contribution < 1.29 is 13.8 Å². The normalized spacial score (nSPS) is 10.8. The minimum Gasteiger partial charge on any atom is -0.444 e. The summed E-state index contributed by atoms with van der Waals surface area (Å²) in [7, 11) is 0. The van der Waals surface area contributed by atoms with Gasteiger partial charge in [0.05, 0.1) is 15.5 Å². The zero-order valence-corrected chi connectivity index (χ0v) is 12.5. The maximum absolute atomic E-state index is 10.8. The summed E-state index contributed by atoms with van der Waals surface area (Å²) in [5.41, 5.74) is 0.171. The molecule has 0 radical (unpaired) electrons. The van der Waals surface area contributed by atoms with Gasteiger partial charge in [-0.25, -0.2) is 0 Å². The molecule has 3 rings (SSSR count). The molecule has 0 aliphatic heterocycles. The van der Waals surface area contributed by atoms with Gasteiger partial charge in [0.25, 0.3) is 11.6 Å². The number of nitrogens with zero attached hydrogens (tertiary/aromatic N) is 3. The van der Waals surface area contributed by atoms with Crippen molar-refractivity contribution in [3.63, 3.8) is 0 Å². The molecule has 0 atom stereocenters. The number of benzene rings is 1. The number of non-ortho nitro benzene ring substituents is 1. The van der Waals surface area contributed by atoms with E-state index in [0.29, 0.717) is 10.4 Å². The molecule has 7 nitrogen and oxygen atoms in total. The molecule has 0 bridgehead atoms. The number of halogens is 2. The second-order valence-corrected chi connectivity index (χ2v) is 5.13. The van der Waals surface area contributed by atoms with Gasteiger partial charge in [-0.15, -0.1) is 10.2 Å². The first-order valence-electron chi connectivity index (χ1n) is 5.58. The second-order valence-electron chi connectivity index (χ2n) is 3.94. The maximum Gasteiger partial charge on any atom is 0.283 e. The van der Waals surface area contributed by atoms with Crippen LogP contribution in [0.1, 0.15) is 0 Å². The van der Waals surface area contributed by atoms with Crippen LogP contribution in [0.25, 0.3) is 23.1 Å². The molecule has 0 spiro atoms. The molecule has 3 aromatic rings. The molecule has 0 N–H and O–H groups in total. The van der Waals surface area contributed by atoms with Crippen molar-refractivity contribution >= 4 is 33.2 Å². The number of nitro benzene ring substituents is 1. The summed E-state index contributed by atoms with van der Waals surface area (Å²) in [5, 5.41) is 18.7. The van der Waals surface area contributed by atoms with Crippen LogP contribution in [0.3, 0.4) is 0 Å². The van der Waals surface area contributed by atoms with Crippen molar-refractivity contribution in [3.05, 3.63) is 50.1 Å². The minimum atomic E-state index is -0.527. The topological polar surface area (TPSA) is 95.2 Å². The Morgan fingerprint density at radius 3 is 2.57 bits per heavy atom. The van der Waals surface area contributed by atoms with E-state index in [1.54, 1.807) is 12.1 Å². The van der Waals surface area contributed by atoms with Crippen LogP contribution in [0.2, 0.25) is 5.02 Å². The van der Waals surface area contributed by atoms with Gasteiger partial charge in [-0.1, -0.05) is 11.6 Å². The first kappa shape index (κ1) is 13.8. The van der Waals surface area contributed by atoms with E-state index in [1.165, 1.54) is 18.2 Å². The molecule has 2 heterocycles. The molecule has 21 heavy (non-hydrogen) atoms. The summed E-state index contributed by atoms with van der Waals surface area (Å²) in [6.07, 6.45) is 0. The molecule has 106 valence electrons. The smallest absolute Gasteiger partial charge is 0.283 e. The predicted octanol–water partition coefficient (Wildman–Crippen LogP) is 4.32. The highest BCUT2D eigenvalue weighted by Crippen LogP contribution is 2.32. The largest absolute Gasteiger partial charge is 0.444 e. The number of aromatic nitrogens is 2. The van der Waals surface area contributed by atoms with Crippen LogP contribution in [0, 0.1) is 10.1 Å². The van der Waals surface area contributed by atoms with Gasteiger partial charge < -0.3 is 8.83 Å². The third kappa shape index (κ3) is 2.67. The van der Waals surface area contributed by atoms with E-state index in [0.717, 1.165) is 0 Å². The number of nitro groups is 1. The summed E-state index contributed by atoms with van der Waals surface area (Å²) in [4.78, 5) is 10.3. The Hall–Kier alpha value is -2.19. The third-order valence-corrected chi connectivity index (χ3v) is 3.36. The lowest BCUT2D eigenvalue weighted by Gasteiger charge is -1.98. The molecule has 0 saturated heterocycles. The molecule has 2 aromatic heterocycles. The molecule has 0 amide bonds. The Labute approximate surface area is 130 Å². The van der Waals surface area contributed by atoms with Gasteiger partial charge in [0, 0.05) is 12.1 Å². The van der Waals surface area contributed by atoms with Crippen LogP contribution >= 0.6 is 27.5 Å². The predicted molar refractivity (Wildman–Crippen MR) is 76.8 cm³/mol. The van der Waals surface area contributed by atoms with Crippen LogP contribution in [0.5, 0.6) is 0 Å². The quantitative estimate of drug-likeness (QED) is 0.503. The van der Waals surface area contributed by atoms with E-state index in [2.05, 4.69) is 26.1 Å². The minimum absolute atomic E-state index is 0.0752. The summed E-state index contributed by atoms with van der Waals surface area (Å²) in [5.74, 6) is 0.603. The zero-order valence-electron chi connectivity index (χ0n) is 10.1. The average Bonchev–Trinajstić information content (AvgIpc) is 3.07. The number of rotatable bonds is 3. The number of furan rings is 1. The van der Waals surface area contributed by atoms with Crippen molar-refractivity contribution in [1.82, 2.24) is 10.2 Å². The first-order chi connectivity index (χ1) is 10.0. The molecular formula is C12H5BrClN3O4. The van der Waals surface area contributed by atoms with Crippen molar-refractivity contribution in [2.24, 2.45) is 0 Å². The van der Waals surface area contributed by atoms with Gasteiger partial charge >= 0.3 is 0 Å². The van der Waals surface area contributed by atoms with Gasteiger partial charge in [0.1, 0.15) is 0 Å². The lowest BCUT2D eigenvalue weighted by Crippen LogP contribution is -1.89. The van der Waals surface area contributed by atoms with E-state index in [1.807, 2.05) is 0 Å². The summed E-state index contributed by atoms with van der Waals surface area (Å²) in [6.45, 7) is 0. The lowest BCUT2D eigenvalue weighted by molar-refractivity contribution is -0.384. The van der Waals surface area contributed by atoms with E-state index in [-0.39, 0.29) is 28.1 Å². The molecule has 0 fully saturated rings. The van der Waals surface area contributed by atoms with Crippen molar-refractivity contribution in [3.8, 4) is 23.1 Å². The molecule has 0 aliphatic rings. The average molecular weight is 371 g/mol. The molecule has 1 aromatic carbocycles. The van der Waals surface area contributed by atoms with Crippen LogP contribution in [0.4, 0.5) is 5.69 Å². The fraction of sp³-hybridized carbons (Fsp3) is 0. The van der Waals surface area contributed by atoms with Crippen LogP contribution in [0.15, 0.2) is 43.8 Å². The fourth-order valence-electron chi connectivity index (χ4n) is 1.65. The number of hydrogen-bond acceptors (Lipinski definition) is 6. The Balaban J connectivity index is 2.03. The van der Waals surface area contributed by atoms with Gasteiger partial charge in [0.15, 0.2) is 10.4 Å². The Bertz CT molecular complexity index is 830. The van der Waals surface area contributed by atoms with E-state index in [9.17, 15) is 10.1 Å². The standard InChI is InChI=1S/C12H5BrClN3O4/c13-10-4-3-9(20-10)12-16-15-11(21-12)7-5-6(17(18)19)1-2-8(7)14/h1-5H. The molecule has 0 aliphatic carbocycles. The fourth-order valence-corrected chi connectivity index (χ4v) is 2.16. The van der Waals surface area contributed by atoms with Gasteiger partial charge in [-0.3, -0.25) is 10.1 Å². The third-order valence-electron chi connectivity index (χ3n) is 2.60. The van der Waals surface area contributed by atoms with Crippen molar-refractivity contribution in [2.45, 2.75) is 0 Å². The van der Waals surface area contributed by atoms with Crippen molar-refractivity contribution in [1.29, 1.82) is 0 Å². The SMILES string of the molecule is O=[N+]([O-])c1ccc(Cl)c(-c2nnc(-c3ccc(Br)o3)o2)c1. The summed E-state index contributed by atoms with van der Waals surface area (Å²) < 4.78 is 11.3. The van der Waals surface area contributed by atoms with Crippen molar-refractivity contribution in [2.75, 3.05) is 0 Å². The van der Waals surface area contributed by atoms with E-state index >= 15 is 0 Å². The molecule has 0 unspecified atom stereocenters. The number of hydrogen-bond donors (Lipinski definition) is 0. The summed E-state index contributed by atoms with van der Waals surface area (Å²) in [6, 6.07) is 7.31. The van der Waals surface area contributed by atoms with E-state index < -0.39 is 4.92 Å². The summed E-state index contributed by atoms with van der Waals surface area (Å²) >= 11 is 9.18. The monoisotopic (exact) mass is 369 g/mol. The van der Waals surface area contributed by atoms with E-state index in [4.69, 9.17) is 20.4 Å². The lowest BCUT2D eigenvalue weighted by atomic mass is 10.2. The zero-order chi connectivity index (χ0) is 15.0. The van der Waals surface area contributed by atoms with Crippen LogP contribution in [-0.2, 0) is 0 Å². The van der Waals surface area contributed by atoms with Crippen LogP contribution < -0.4 is 0 Å². The first-order valence-corrected chi connectivity index (χ1v) is 6.75. The molecular weight excluding hydrogens is 366 g/mol. The molecule has 0 saturated carbocycles. The molecule has 9 heteroatoms. The van der Waals surface area contributed by atoms with Gasteiger partial charge in [-0.2, -0.15) is 0 Å². The highest BCUT2D eigenvalue weighted by Gasteiger charge is 2.18. The highest BCUT2D eigenvalue weighted by atomic mass is 79.9. The maximum atomic E-state index is 10.8.